The molecule has 0 saturated carbocycles. The Bertz CT molecular complexity index is 1120. The number of nitrogens with zero attached hydrogens (tertiary/aromatic N) is 4. The van der Waals surface area contributed by atoms with E-state index in [0.29, 0.717) is 23.4 Å². The number of thiophene rings is 1. The van der Waals surface area contributed by atoms with Gasteiger partial charge in [0.05, 0.1) is 16.6 Å². The van der Waals surface area contributed by atoms with E-state index in [1.165, 1.54) is 17.7 Å². The lowest BCUT2D eigenvalue weighted by Gasteiger charge is -2.06. The van der Waals surface area contributed by atoms with E-state index in [-0.39, 0.29) is 12.2 Å². The molecular formula is C19H13N5OS. The number of nitriles is 1. The Morgan fingerprint density at radius 2 is 2.12 bits per heavy atom. The summed E-state index contributed by atoms with van der Waals surface area (Å²) in [5, 5.41) is 18.7. The zero-order valence-corrected chi connectivity index (χ0v) is 14.5. The Balaban J connectivity index is 1.62. The SMILES string of the molecule is N#Cc1csc(CC(=O)Cc2cccc3ncccc23)c1-c1ncn[nH]1. The topological polar surface area (TPSA) is 95.3 Å². The quantitative estimate of drug-likeness (QED) is 0.590. The average Bonchev–Trinajstić information content (AvgIpc) is 3.31. The fraction of sp³-hybridized carbons (Fsp3) is 0.105. The molecule has 0 unspecified atom stereocenters. The Morgan fingerprint density at radius 1 is 1.19 bits per heavy atom. The highest BCUT2D eigenvalue weighted by Crippen LogP contribution is 2.31. The first-order valence-corrected chi connectivity index (χ1v) is 8.84. The highest BCUT2D eigenvalue weighted by Gasteiger charge is 2.19. The third-order valence-electron chi connectivity index (χ3n) is 4.12. The maximum atomic E-state index is 12.7. The minimum Gasteiger partial charge on any atom is -0.299 e. The number of H-pyrrole nitrogens is 1. The first-order valence-electron chi connectivity index (χ1n) is 7.97. The van der Waals surface area contributed by atoms with E-state index in [1.54, 1.807) is 11.6 Å². The molecule has 1 aromatic carbocycles. The van der Waals surface area contributed by atoms with E-state index in [2.05, 4.69) is 26.2 Å². The summed E-state index contributed by atoms with van der Waals surface area (Å²) >= 11 is 1.40. The highest BCUT2D eigenvalue weighted by molar-refractivity contribution is 7.10. The molecule has 26 heavy (non-hydrogen) atoms. The molecule has 0 aliphatic heterocycles. The fourth-order valence-corrected chi connectivity index (χ4v) is 3.97. The van der Waals surface area contributed by atoms with E-state index in [9.17, 15) is 10.1 Å². The summed E-state index contributed by atoms with van der Waals surface area (Å²) in [6, 6.07) is 11.8. The largest absolute Gasteiger partial charge is 0.299 e. The summed E-state index contributed by atoms with van der Waals surface area (Å²) in [7, 11) is 0. The number of hydrogen-bond donors (Lipinski definition) is 1. The van der Waals surface area contributed by atoms with Crippen LogP contribution in [0, 0.1) is 11.3 Å². The summed E-state index contributed by atoms with van der Waals surface area (Å²) in [4.78, 5) is 22.0. The van der Waals surface area contributed by atoms with Crippen molar-refractivity contribution >= 4 is 28.0 Å². The molecule has 0 aliphatic carbocycles. The summed E-state index contributed by atoms with van der Waals surface area (Å²) in [6.45, 7) is 0. The van der Waals surface area contributed by atoms with Crippen molar-refractivity contribution in [3.05, 3.63) is 64.2 Å². The maximum absolute atomic E-state index is 12.7. The first kappa shape index (κ1) is 16.1. The van der Waals surface area contributed by atoms with Gasteiger partial charge in [0.25, 0.3) is 0 Å². The van der Waals surface area contributed by atoms with Gasteiger partial charge < -0.3 is 0 Å². The number of pyridine rings is 1. The second kappa shape index (κ2) is 6.86. The Kier molecular flexibility index (Phi) is 4.25. The van der Waals surface area contributed by atoms with Crippen LogP contribution >= 0.6 is 11.3 Å². The second-order valence-electron chi connectivity index (χ2n) is 5.77. The van der Waals surface area contributed by atoms with Crippen LogP contribution in [0.3, 0.4) is 0 Å². The molecule has 126 valence electrons. The Labute approximate surface area is 153 Å². The number of carbonyl (C=O) groups excluding carboxylic acids is 1. The molecule has 4 rings (SSSR count). The minimum absolute atomic E-state index is 0.0773. The molecule has 0 amide bonds. The maximum Gasteiger partial charge on any atom is 0.157 e. The van der Waals surface area contributed by atoms with Gasteiger partial charge in [-0.3, -0.25) is 14.9 Å². The lowest BCUT2D eigenvalue weighted by molar-refractivity contribution is -0.117. The second-order valence-corrected chi connectivity index (χ2v) is 6.74. The molecule has 0 radical (unpaired) electrons. The fourth-order valence-electron chi connectivity index (χ4n) is 2.97. The van der Waals surface area contributed by atoms with Crippen LogP contribution in [0.5, 0.6) is 0 Å². The standard InChI is InChI=1S/C19H13N5OS/c20-9-13-10-26-17(18(13)19-22-11-23-24-19)8-14(25)7-12-3-1-5-16-15(12)4-2-6-21-16/h1-6,10-11H,7-8H2,(H,22,23,24). The summed E-state index contributed by atoms with van der Waals surface area (Å²) in [5.74, 6) is 0.591. The molecule has 3 aromatic heterocycles. The molecule has 6 nitrogen and oxygen atoms in total. The molecule has 0 fully saturated rings. The van der Waals surface area contributed by atoms with Gasteiger partial charge in [-0.2, -0.15) is 10.4 Å². The summed E-state index contributed by atoms with van der Waals surface area (Å²) in [6.07, 6.45) is 3.70. The van der Waals surface area contributed by atoms with Gasteiger partial charge in [0.15, 0.2) is 5.82 Å². The highest BCUT2D eigenvalue weighted by atomic mass is 32.1. The molecule has 4 aromatic rings. The molecule has 7 heteroatoms. The van der Waals surface area contributed by atoms with Crippen LogP contribution in [-0.4, -0.2) is 25.9 Å². The van der Waals surface area contributed by atoms with Crippen LogP contribution in [0.25, 0.3) is 22.3 Å². The van der Waals surface area contributed by atoms with Crippen LogP contribution in [0.15, 0.2) is 48.2 Å². The molecule has 0 saturated heterocycles. The van der Waals surface area contributed by atoms with E-state index >= 15 is 0 Å². The van der Waals surface area contributed by atoms with Gasteiger partial charge in [0.1, 0.15) is 18.2 Å². The molecule has 1 N–H and O–H groups in total. The number of aromatic nitrogens is 4. The number of rotatable bonds is 5. The van der Waals surface area contributed by atoms with Crippen molar-refractivity contribution in [2.45, 2.75) is 12.8 Å². The van der Waals surface area contributed by atoms with E-state index in [1.807, 2.05) is 30.3 Å². The zero-order valence-electron chi connectivity index (χ0n) is 13.6. The van der Waals surface area contributed by atoms with Crippen LogP contribution < -0.4 is 0 Å². The lowest BCUT2D eigenvalue weighted by atomic mass is 10.00. The van der Waals surface area contributed by atoms with Crippen molar-refractivity contribution < 1.29 is 4.79 Å². The Hall–Kier alpha value is -3.37. The van der Waals surface area contributed by atoms with Gasteiger partial charge >= 0.3 is 0 Å². The number of aromatic amines is 1. The van der Waals surface area contributed by atoms with E-state index < -0.39 is 0 Å². The van der Waals surface area contributed by atoms with Gasteiger partial charge in [0.2, 0.25) is 0 Å². The number of nitrogens with one attached hydrogen (secondary N) is 1. The smallest absolute Gasteiger partial charge is 0.157 e. The minimum atomic E-state index is 0.0773. The van der Waals surface area contributed by atoms with Crippen LogP contribution in [0.4, 0.5) is 0 Å². The van der Waals surface area contributed by atoms with Crippen molar-refractivity contribution in [3.8, 4) is 17.5 Å². The van der Waals surface area contributed by atoms with Gasteiger partial charge in [-0.15, -0.1) is 11.3 Å². The Morgan fingerprint density at radius 3 is 2.92 bits per heavy atom. The molecule has 0 bridgehead atoms. The number of ketones is 1. The average molecular weight is 359 g/mol. The summed E-state index contributed by atoms with van der Waals surface area (Å²) < 4.78 is 0. The number of benzene rings is 1. The predicted molar refractivity (Wildman–Crippen MR) is 98.6 cm³/mol. The molecule has 0 spiro atoms. The van der Waals surface area contributed by atoms with E-state index in [4.69, 9.17) is 0 Å². The van der Waals surface area contributed by atoms with Crippen molar-refractivity contribution in [2.24, 2.45) is 0 Å². The number of hydrogen-bond acceptors (Lipinski definition) is 6. The summed E-state index contributed by atoms with van der Waals surface area (Å²) in [5.41, 5.74) is 3.01. The van der Waals surface area contributed by atoms with Crippen molar-refractivity contribution in [1.29, 1.82) is 5.26 Å². The first-order chi connectivity index (χ1) is 12.8. The normalized spacial score (nSPS) is 10.7. The zero-order chi connectivity index (χ0) is 17.9. The molecule has 0 aliphatic rings. The predicted octanol–water partition coefficient (Wildman–Crippen LogP) is 3.31. The van der Waals surface area contributed by atoms with Gasteiger partial charge in [-0.25, -0.2) is 4.98 Å². The van der Waals surface area contributed by atoms with E-state index in [0.717, 1.165) is 21.3 Å². The van der Waals surface area contributed by atoms with Gasteiger partial charge in [-0.05, 0) is 17.7 Å². The number of fused-ring (bicyclic) bond motifs is 1. The number of carbonyl (C=O) groups is 1. The van der Waals surface area contributed by atoms with Crippen LogP contribution in [-0.2, 0) is 17.6 Å². The van der Waals surface area contributed by atoms with Crippen LogP contribution in [0.1, 0.15) is 16.0 Å². The lowest BCUT2D eigenvalue weighted by Crippen LogP contribution is -2.07. The van der Waals surface area contributed by atoms with Crippen molar-refractivity contribution in [3.63, 3.8) is 0 Å². The van der Waals surface area contributed by atoms with Gasteiger partial charge in [-0.1, -0.05) is 18.2 Å². The molecule has 3 heterocycles. The van der Waals surface area contributed by atoms with Crippen molar-refractivity contribution in [2.75, 3.05) is 0 Å². The van der Waals surface area contributed by atoms with Crippen LogP contribution in [0.2, 0.25) is 0 Å². The van der Waals surface area contributed by atoms with Crippen molar-refractivity contribution in [1.82, 2.24) is 20.2 Å². The molecular weight excluding hydrogens is 346 g/mol. The number of Topliss-reactive ketones (excluding diaryl/α,β-unsaturated/α-hetero) is 1. The molecule has 0 atom stereocenters. The third kappa shape index (κ3) is 2.98. The monoisotopic (exact) mass is 359 g/mol. The van der Waals surface area contributed by atoms with Gasteiger partial charge in [0, 0.05) is 34.7 Å². The third-order valence-corrected chi connectivity index (χ3v) is 5.11.